The van der Waals surface area contributed by atoms with E-state index >= 15 is 0 Å². The van der Waals surface area contributed by atoms with Crippen LogP contribution in [0.3, 0.4) is 0 Å². The van der Waals surface area contributed by atoms with Crippen molar-refractivity contribution in [3.05, 3.63) is 36.0 Å². The van der Waals surface area contributed by atoms with Crippen molar-refractivity contribution in [1.29, 1.82) is 0 Å². The number of guanidine groups is 1. The number of aromatic nitrogens is 2. The van der Waals surface area contributed by atoms with Crippen molar-refractivity contribution in [2.75, 3.05) is 25.1 Å². The van der Waals surface area contributed by atoms with E-state index in [9.17, 15) is 0 Å². The minimum Gasteiger partial charge on any atom is -0.491 e. The monoisotopic (exact) mass is 531 g/mol. The second kappa shape index (κ2) is 14.2. The lowest BCUT2D eigenvalue weighted by molar-refractivity contribution is 0.108. The Morgan fingerprint density at radius 3 is 2.50 bits per heavy atom. The molecule has 168 valence electrons. The molecule has 0 saturated heterocycles. The summed E-state index contributed by atoms with van der Waals surface area (Å²) >= 11 is 0. The van der Waals surface area contributed by atoms with Gasteiger partial charge in [-0.1, -0.05) is 19.0 Å². The SMILES string of the molecule is Cc1noc(CN=C(NCCCOCC(C)C)Nc2ccc(OC(C)C)cc2)n1.I. The quantitative estimate of drug-likeness (QED) is 0.192. The van der Waals surface area contributed by atoms with Crippen LogP contribution < -0.4 is 15.4 Å². The molecular formula is C21H34IN5O3. The Morgan fingerprint density at radius 2 is 1.90 bits per heavy atom. The van der Waals surface area contributed by atoms with Crippen LogP contribution in [0.25, 0.3) is 0 Å². The first-order chi connectivity index (χ1) is 13.9. The average molecular weight is 531 g/mol. The minimum absolute atomic E-state index is 0. The van der Waals surface area contributed by atoms with Crippen LogP contribution in [-0.4, -0.2) is 42.0 Å². The molecule has 9 heteroatoms. The molecule has 1 aromatic heterocycles. The zero-order valence-corrected chi connectivity index (χ0v) is 20.8. The highest BCUT2D eigenvalue weighted by Gasteiger charge is 2.05. The van der Waals surface area contributed by atoms with Gasteiger partial charge in [-0.15, -0.1) is 24.0 Å². The summed E-state index contributed by atoms with van der Waals surface area (Å²) in [7, 11) is 0. The number of rotatable bonds is 11. The number of aliphatic imine (C=N–C) groups is 1. The molecule has 0 fully saturated rings. The van der Waals surface area contributed by atoms with E-state index < -0.39 is 0 Å². The van der Waals surface area contributed by atoms with E-state index in [4.69, 9.17) is 14.0 Å². The van der Waals surface area contributed by atoms with E-state index in [0.29, 0.717) is 36.7 Å². The number of anilines is 1. The molecule has 0 bridgehead atoms. The Labute approximate surface area is 196 Å². The molecule has 1 aromatic carbocycles. The maximum absolute atomic E-state index is 5.69. The van der Waals surface area contributed by atoms with E-state index in [1.54, 1.807) is 6.92 Å². The molecule has 0 aliphatic carbocycles. The van der Waals surface area contributed by atoms with Gasteiger partial charge in [-0.3, -0.25) is 0 Å². The highest BCUT2D eigenvalue weighted by molar-refractivity contribution is 14.0. The summed E-state index contributed by atoms with van der Waals surface area (Å²) in [4.78, 5) is 8.73. The van der Waals surface area contributed by atoms with Gasteiger partial charge in [0.05, 0.1) is 6.10 Å². The number of nitrogens with one attached hydrogen (secondary N) is 2. The Hall–Kier alpha value is -1.88. The lowest BCUT2D eigenvalue weighted by Gasteiger charge is -2.14. The normalized spacial score (nSPS) is 11.5. The van der Waals surface area contributed by atoms with Crippen LogP contribution in [0.1, 0.15) is 45.8 Å². The largest absolute Gasteiger partial charge is 0.491 e. The Bertz CT molecular complexity index is 747. The van der Waals surface area contributed by atoms with Gasteiger partial charge in [-0.05, 0) is 57.4 Å². The number of halogens is 1. The molecule has 0 radical (unpaired) electrons. The van der Waals surface area contributed by atoms with Crippen LogP contribution in [0.15, 0.2) is 33.8 Å². The first kappa shape index (κ1) is 26.2. The molecule has 0 spiro atoms. The molecule has 0 atom stereocenters. The minimum atomic E-state index is 0. The number of hydrogen-bond donors (Lipinski definition) is 2. The third-order valence-corrected chi connectivity index (χ3v) is 3.64. The van der Waals surface area contributed by atoms with Crippen molar-refractivity contribution in [2.24, 2.45) is 10.9 Å². The van der Waals surface area contributed by atoms with Crippen LogP contribution >= 0.6 is 24.0 Å². The van der Waals surface area contributed by atoms with Crippen LogP contribution in [0.2, 0.25) is 0 Å². The molecule has 2 aromatic rings. The number of aryl methyl sites for hydroxylation is 1. The van der Waals surface area contributed by atoms with Crippen molar-refractivity contribution < 1.29 is 14.0 Å². The number of nitrogens with zero attached hydrogens (tertiary/aromatic N) is 3. The summed E-state index contributed by atoms with van der Waals surface area (Å²) in [5.41, 5.74) is 0.908. The summed E-state index contributed by atoms with van der Waals surface area (Å²) in [6.07, 6.45) is 1.03. The van der Waals surface area contributed by atoms with Gasteiger partial charge in [0.25, 0.3) is 0 Å². The summed E-state index contributed by atoms with van der Waals surface area (Å²) in [6, 6.07) is 7.77. The maximum atomic E-state index is 5.69. The molecular weight excluding hydrogens is 497 g/mol. The third kappa shape index (κ3) is 10.8. The van der Waals surface area contributed by atoms with E-state index in [-0.39, 0.29) is 30.1 Å². The van der Waals surface area contributed by atoms with Gasteiger partial charge in [-0.2, -0.15) is 4.98 Å². The number of ether oxygens (including phenoxy) is 2. The molecule has 1 heterocycles. The second-order valence-electron chi connectivity index (χ2n) is 7.47. The summed E-state index contributed by atoms with van der Waals surface area (Å²) in [6.45, 7) is 12.6. The molecule has 0 amide bonds. The van der Waals surface area contributed by atoms with Crippen molar-refractivity contribution in [1.82, 2.24) is 15.5 Å². The molecule has 2 N–H and O–H groups in total. The van der Waals surface area contributed by atoms with Gasteiger partial charge in [0.1, 0.15) is 12.3 Å². The molecule has 8 nitrogen and oxygen atoms in total. The van der Waals surface area contributed by atoms with Gasteiger partial charge >= 0.3 is 0 Å². The molecule has 0 saturated carbocycles. The van der Waals surface area contributed by atoms with Gasteiger partial charge in [-0.25, -0.2) is 4.99 Å². The summed E-state index contributed by atoms with van der Waals surface area (Å²) in [5.74, 6) is 3.09. The predicted molar refractivity (Wildman–Crippen MR) is 130 cm³/mol. The van der Waals surface area contributed by atoms with Gasteiger partial charge < -0.3 is 24.6 Å². The lowest BCUT2D eigenvalue weighted by Crippen LogP contribution is -2.32. The van der Waals surface area contributed by atoms with Crippen molar-refractivity contribution in [3.8, 4) is 5.75 Å². The summed E-state index contributed by atoms with van der Waals surface area (Å²) < 4.78 is 16.4. The Morgan fingerprint density at radius 1 is 1.17 bits per heavy atom. The van der Waals surface area contributed by atoms with Crippen molar-refractivity contribution >= 4 is 35.6 Å². The Balaban J connectivity index is 0.00000450. The van der Waals surface area contributed by atoms with Crippen LogP contribution in [0, 0.1) is 12.8 Å². The first-order valence-electron chi connectivity index (χ1n) is 10.1. The zero-order chi connectivity index (χ0) is 21.1. The molecule has 0 aliphatic rings. The van der Waals surface area contributed by atoms with Gasteiger partial charge in [0, 0.05) is 25.4 Å². The Kier molecular flexibility index (Phi) is 12.4. The van der Waals surface area contributed by atoms with E-state index in [1.807, 2.05) is 38.1 Å². The van der Waals surface area contributed by atoms with Gasteiger partial charge in [0.2, 0.25) is 5.89 Å². The van der Waals surface area contributed by atoms with Crippen LogP contribution in [0.5, 0.6) is 5.75 Å². The highest BCUT2D eigenvalue weighted by atomic mass is 127. The number of hydrogen-bond acceptors (Lipinski definition) is 6. The fourth-order valence-corrected chi connectivity index (χ4v) is 2.42. The maximum Gasteiger partial charge on any atom is 0.248 e. The first-order valence-corrected chi connectivity index (χ1v) is 10.1. The lowest BCUT2D eigenvalue weighted by atomic mass is 10.2. The van der Waals surface area contributed by atoms with E-state index in [2.05, 4.69) is 39.6 Å². The zero-order valence-electron chi connectivity index (χ0n) is 18.5. The molecule has 30 heavy (non-hydrogen) atoms. The molecule has 0 aliphatic heterocycles. The average Bonchev–Trinajstić information content (AvgIpc) is 3.08. The predicted octanol–water partition coefficient (Wildman–Crippen LogP) is 4.40. The highest BCUT2D eigenvalue weighted by Crippen LogP contribution is 2.17. The third-order valence-electron chi connectivity index (χ3n) is 3.64. The number of benzene rings is 1. The fourth-order valence-electron chi connectivity index (χ4n) is 2.42. The molecule has 2 rings (SSSR count). The topological polar surface area (TPSA) is 93.8 Å². The van der Waals surface area contributed by atoms with Gasteiger partial charge in [0.15, 0.2) is 11.8 Å². The summed E-state index contributed by atoms with van der Waals surface area (Å²) in [5, 5.41) is 10.4. The smallest absolute Gasteiger partial charge is 0.248 e. The molecule has 0 unspecified atom stereocenters. The van der Waals surface area contributed by atoms with Crippen molar-refractivity contribution in [3.63, 3.8) is 0 Å². The fraction of sp³-hybridized carbons (Fsp3) is 0.571. The standard InChI is InChI=1S/C21H33N5O3.HI/c1-15(2)14-27-12-6-11-22-21(23-13-20-24-17(5)26-29-20)25-18-7-9-19(10-8-18)28-16(3)4;/h7-10,15-16H,6,11-14H2,1-5H3,(H2,22,23,25);1H. The van der Waals surface area contributed by atoms with Crippen LogP contribution in [0.4, 0.5) is 5.69 Å². The van der Waals surface area contributed by atoms with Crippen molar-refractivity contribution in [2.45, 2.75) is 53.7 Å². The van der Waals surface area contributed by atoms with E-state index in [1.165, 1.54) is 0 Å². The van der Waals surface area contributed by atoms with E-state index in [0.717, 1.165) is 31.0 Å². The second-order valence-corrected chi connectivity index (χ2v) is 7.47. The van der Waals surface area contributed by atoms with Crippen LogP contribution in [-0.2, 0) is 11.3 Å².